The van der Waals surface area contributed by atoms with Crippen LogP contribution in [0.4, 0.5) is 4.39 Å². The van der Waals surface area contributed by atoms with E-state index >= 15 is 0 Å². The average molecular weight is 216 g/mol. The van der Waals surface area contributed by atoms with Crippen molar-refractivity contribution in [2.45, 2.75) is 32.2 Å². The normalized spacial score (nSPS) is 32.6. The van der Waals surface area contributed by atoms with Gasteiger partial charge in [-0.1, -0.05) is 6.92 Å². The SMILES string of the molecule is CCN1CCO[C@@H]([C@@H](C)N2CC(F)C2)C1. The molecule has 0 aromatic carbocycles. The molecule has 2 heterocycles. The molecule has 3 nitrogen and oxygen atoms in total. The minimum Gasteiger partial charge on any atom is -0.374 e. The summed E-state index contributed by atoms with van der Waals surface area (Å²) in [6, 6.07) is 0.353. The number of hydrogen-bond acceptors (Lipinski definition) is 3. The summed E-state index contributed by atoms with van der Waals surface area (Å²) in [6.07, 6.45) is -0.357. The Morgan fingerprint density at radius 1 is 1.40 bits per heavy atom. The molecule has 0 aromatic heterocycles. The van der Waals surface area contributed by atoms with Gasteiger partial charge in [0.1, 0.15) is 6.17 Å². The van der Waals surface area contributed by atoms with E-state index in [1.165, 1.54) is 0 Å². The molecule has 0 unspecified atom stereocenters. The van der Waals surface area contributed by atoms with Gasteiger partial charge in [-0.3, -0.25) is 9.80 Å². The van der Waals surface area contributed by atoms with E-state index in [1.54, 1.807) is 0 Å². The Hall–Kier alpha value is -0.190. The van der Waals surface area contributed by atoms with Crippen molar-refractivity contribution in [3.63, 3.8) is 0 Å². The molecule has 2 atom stereocenters. The predicted octanol–water partition coefficient (Wildman–Crippen LogP) is 0.749. The lowest BCUT2D eigenvalue weighted by atomic mass is 10.0. The maximum Gasteiger partial charge on any atom is 0.125 e. The molecule has 0 saturated carbocycles. The first-order valence-corrected chi connectivity index (χ1v) is 5.92. The van der Waals surface area contributed by atoms with Crippen LogP contribution in [-0.2, 0) is 4.74 Å². The van der Waals surface area contributed by atoms with Gasteiger partial charge in [0.2, 0.25) is 0 Å². The molecule has 0 aromatic rings. The Bertz CT molecular complexity index is 209. The number of morpholine rings is 1. The Morgan fingerprint density at radius 3 is 2.73 bits per heavy atom. The second-order valence-electron chi connectivity index (χ2n) is 4.59. The number of alkyl halides is 1. The van der Waals surface area contributed by atoms with E-state index in [2.05, 4.69) is 23.6 Å². The standard InChI is InChI=1S/C11H21FN2O/c1-3-13-4-5-15-11(8-13)9(2)14-6-10(12)7-14/h9-11H,3-8H2,1-2H3/t9-,11-/m1/s1. The van der Waals surface area contributed by atoms with Crippen LogP contribution < -0.4 is 0 Å². The van der Waals surface area contributed by atoms with Crippen molar-refractivity contribution in [1.29, 1.82) is 0 Å². The third-order valence-electron chi connectivity index (χ3n) is 3.60. The summed E-state index contributed by atoms with van der Waals surface area (Å²) in [5.41, 5.74) is 0. The average Bonchev–Trinajstić information content (AvgIpc) is 2.24. The summed E-state index contributed by atoms with van der Waals surface area (Å²) < 4.78 is 18.5. The molecular weight excluding hydrogens is 195 g/mol. The fraction of sp³-hybridized carbons (Fsp3) is 1.00. The maximum atomic E-state index is 12.7. The first-order valence-electron chi connectivity index (χ1n) is 5.92. The van der Waals surface area contributed by atoms with Gasteiger partial charge >= 0.3 is 0 Å². The van der Waals surface area contributed by atoms with Gasteiger partial charge in [-0.15, -0.1) is 0 Å². The van der Waals surface area contributed by atoms with Gasteiger partial charge in [-0.25, -0.2) is 4.39 Å². The molecule has 2 aliphatic heterocycles. The van der Waals surface area contributed by atoms with Crippen LogP contribution in [0.1, 0.15) is 13.8 Å². The fourth-order valence-electron chi connectivity index (χ4n) is 2.33. The summed E-state index contributed by atoms with van der Waals surface area (Å²) in [7, 11) is 0. The van der Waals surface area contributed by atoms with Crippen molar-refractivity contribution in [3.05, 3.63) is 0 Å². The van der Waals surface area contributed by atoms with E-state index in [1.807, 2.05) is 0 Å². The van der Waals surface area contributed by atoms with E-state index in [-0.39, 0.29) is 6.10 Å². The van der Waals surface area contributed by atoms with Crippen molar-refractivity contribution in [3.8, 4) is 0 Å². The molecule has 0 aliphatic carbocycles. The lowest BCUT2D eigenvalue weighted by Gasteiger charge is -2.44. The Morgan fingerprint density at radius 2 is 2.13 bits per heavy atom. The van der Waals surface area contributed by atoms with Gasteiger partial charge in [0, 0.05) is 32.2 Å². The summed E-state index contributed by atoms with van der Waals surface area (Å²) in [6.45, 7) is 9.43. The number of rotatable bonds is 3. The molecule has 2 fully saturated rings. The number of likely N-dealkylation sites (N-methyl/N-ethyl adjacent to an activating group) is 1. The van der Waals surface area contributed by atoms with E-state index in [0.717, 1.165) is 26.2 Å². The summed E-state index contributed by atoms with van der Waals surface area (Å²) in [5, 5.41) is 0. The van der Waals surface area contributed by atoms with Gasteiger partial charge in [-0.05, 0) is 13.5 Å². The molecule has 2 saturated heterocycles. The first-order chi connectivity index (χ1) is 7.20. The van der Waals surface area contributed by atoms with Crippen LogP contribution in [-0.4, -0.2) is 67.4 Å². The van der Waals surface area contributed by atoms with Crippen molar-refractivity contribution < 1.29 is 9.13 Å². The molecule has 88 valence electrons. The Balaban J connectivity index is 1.81. The molecular formula is C11H21FN2O. The fourth-order valence-corrected chi connectivity index (χ4v) is 2.33. The number of halogens is 1. The smallest absolute Gasteiger partial charge is 0.125 e. The Labute approximate surface area is 91.2 Å². The second kappa shape index (κ2) is 4.76. The van der Waals surface area contributed by atoms with Gasteiger partial charge < -0.3 is 4.74 Å². The van der Waals surface area contributed by atoms with Crippen LogP contribution in [0.2, 0.25) is 0 Å². The largest absolute Gasteiger partial charge is 0.374 e. The first kappa shape index (κ1) is 11.3. The van der Waals surface area contributed by atoms with Crippen molar-refractivity contribution in [2.75, 3.05) is 39.3 Å². The summed E-state index contributed by atoms with van der Waals surface area (Å²) in [5.74, 6) is 0. The maximum absolute atomic E-state index is 12.7. The van der Waals surface area contributed by atoms with Crippen LogP contribution in [0.25, 0.3) is 0 Å². The highest BCUT2D eigenvalue weighted by Crippen LogP contribution is 2.20. The Kier molecular flexibility index (Phi) is 3.59. The van der Waals surface area contributed by atoms with Crippen LogP contribution in [0.5, 0.6) is 0 Å². The van der Waals surface area contributed by atoms with Gasteiger partial charge in [0.15, 0.2) is 0 Å². The monoisotopic (exact) mass is 216 g/mol. The van der Waals surface area contributed by atoms with E-state index in [0.29, 0.717) is 19.1 Å². The molecule has 0 N–H and O–H groups in total. The van der Waals surface area contributed by atoms with E-state index < -0.39 is 6.17 Å². The highest BCUT2D eigenvalue weighted by Gasteiger charge is 2.35. The number of hydrogen-bond donors (Lipinski definition) is 0. The molecule has 4 heteroatoms. The number of ether oxygens (including phenoxy) is 1. The van der Waals surface area contributed by atoms with Crippen LogP contribution in [0.3, 0.4) is 0 Å². The second-order valence-corrected chi connectivity index (χ2v) is 4.59. The highest BCUT2D eigenvalue weighted by atomic mass is 19.1. The zero-order valence-electron chi connectivity index (χ0n) is 9.66. The molecule has 15 heavy (non-hydrogen) atoms. The van der Waals surface area contributed by atoms with Crippen molar-refractivity contribution in [2.24, 2.45) is 0 Å². The molecule has 0 amide bonds. The summed E-state index contributed by atoms with van der Waals surface area (Å²) >= 11 is 0. The minimum absolute atomic E-state index is 0.256. The van der Waals surface area contributed by atoms with Gasteiger partial charge in [0.05, 0.1) is 12.7 Å². The quantitative estimate of drug-likeness (QED) is 0.692. The highest BCUT2D eigenvalue weighted by molar-refractivity contribution is 4.89. The zero-order valence-corrected chi connectivity index (χ0v) is 9.66. The molecule has 0 bridgehead atoms. The van der Waals surface area contributed by atoms with Crippen LogP contribution >= 0.6 is 0 Å². The zero-order chi connectivity index (χ0) is 10.8. The van der Waals surface area contributed by atoms with Crippen LogP contribution in [0, 0.1) is 0 Å². The minimum atomic E-state index is -0.613. The molecule has 2 rings (SSSR count). The van der Waals surface area contributed by atoms with E-state index in [9.17, 15) is 4.39 Å². The lowest BCUT2D eigenvalue weighted by molar-refractivity contribution is -0.0903. The lowest BCUT2D eigenvalue weighted by Crippen LogP contribution is -2.59. The third-order valence-corrected chi connectivity index (χ3v) is 3.60. The van der Waals surface area contributed by atoms with Crippen molar-refractivity contribution in [1.82, 2.24) is 9.80 Å². The topological polar surface area (TPSA) is 15.7 Å². The van der Waals surface area contributed by atoms with Crippen LogP contribution in [0.15, 0.2) is 0 Å². The predicted molar refractivity (Wildman–Crippen MR) is 57.8 cm³/mol. The summed E-state index contributed by atoms with van der Waals surface area (Å²) in [4.78, 5) is 4.58. The number of nitrogens with zero attached hydrogens (tertiary/aromatic N) is 2. The van der Waals surface area contributed by atoms with Crippen molar-refractivity contribution >= 4 is 0 Å². The van der Waals surface area contributed by atoms with Gasteiger partial charge in [-0.2, -0.15) is 0 Å². The third kappa shape index (κ3) is 2.49. The molecule has 0 spiro atoms. The molecule has 0 radical (unpaired) electrons. The number of likely N-dealkylation sites (tertiary alicyclic amines) is 1. The van der Waals surface area contributed by atoms with E-state index in [4.69, 9.17) is 4.74 Å². The molecule has 2 aliphatic rings. The van der Waals surface area contributed by atoms with Gasteiger partial charge in [0.25, 0.3) is 0 Å².